The fourth-order valence-corrected chi connectivity index (χ4v) is 4.71. The van der Waals surface area contributed by atoms with Crippen molar-refractivity contribution < 1.29 is 19.0 Å². The number of amides is 1. The Morgan fingerprint density at radius 3 is 2.86 bits per heavy atom. The third-order valence-electron chi connectivity index (χ3n) is 6.53. The van der Waals surface area contributed by atoms with Gasteiger partial charge in [0.05, 0.1) is 12.1 Å². The van der Waals surface area contributed by atoms with Crippen LogP contribution in [0.1, 0.15) is 58.8 Å². The topological polar surface area (TPSA) is 87.2 Å². The SMILES string of the molecule is Cc1cc(C#C[C@H]2CCO[C@H](C)C2)cc(C(=O)NC(c2cc3ccccc3[nH]2)c2cc(F)ccc2O)n1. The third kappa shape index (κ3) is 5.65. The average molecular weight is 498 g/mol. The number of nitrogens with zero attached hydrogens (tertiary/aromatic N) is 1. The number of ether oxygens (including phenoxy) is 1. The number of carbonyl (C=O) groups is 1. The van der Waals surface area contributed by atoms with Crippen LogP contribution in [0.15, 0.2) is 60.7 Å². The van der Waals surface area contributed by atoms with Gasteiger partial charge in [0.2, 0.25) is 0 Å². The molecule has 2 aromatic carbocycles. The van der Waals surface area contributed by atoms with Crippen molar-refractivity contribution in [3.8, 4) is 17.6 Å². The van der Waals surface area contributed by atoms with Crippen LogP contribution in [0.3, 0.4) is 0 Å². The number of hydrogen-bond donors (Lipinski definition) is 3. The molecule has 6 nitrogen and oxygen atoms in total. The van der Waals surface area contributed by atoms with Crippen LogP contribution in [0, 0.1) is 30.5 Å². The second-order valence-electron chi connectivity index (χ2n) is 9.48. The number of para-hydroxylation sites is 1. The first-order chi connectivity index (χ1) is 17.9. The number of fused-ring (bicyclic) bond motifs is 1. The van der Waals surface area contributed by atoms with E-state index in [2.05, 4.69) is 27.1 Å². The van der Waals surface area contributed by atoms with Gasteiger partial charge in [-0.3, -0.25) is 4.79 Å². The van der Waals surface area contributed by atoms with E-state index >= 15 is 0 Å². The number of halogens is 1. The number of aromatic amines is 1. The number of carbonyl (C=O) groups excluding carboxylic acids is 1. The van der Waals surface area contributed by atoms with E-state index in [-0.39, 0.29) is 29.0 Å². The Kier molecular flexibility index (Phi) is 6.93. The highest BCUT2D eigenvalue weighted by atomic mass is 19.1. The van der Waals surface area contributed by atoms with E-state index < -0.39 is 17.8 Å². The van der Waals surface area contributed by atoms with E-state index in [4.69, 9.17) is 4.74 Å². The van der Waals surface area contributed by atoms with Crippen molar-refractivity contribution in [2.45, 2.75) is 38.8 Å². The van der Waals surface area contributed by atoms with Crippen molar-refractivity contribution in [1.29, 1.82) is 0 Å². The summed E-state index contributed by atoms with van der Waals surface area (Å²) >= 11 is 0. The number of rotatable bonds is 4. The largest absolute Gasteiger partial charge is 0.508 e. The fourth-order valence-electron chi connectivity index (χ4n) is 4.71. The Morgan fingerprint density at radius 2 is 2.05 bits per heavy atom. The molecular formula is C30H28FN3O3. The summed E-state index contributed by atoms with van der Waals surface area (Å²) in [4.78, 5) is 21.1. The second-order valence-corrected chi connectivity index (χ2v) is 9.48. The molecule has 3 atom stereocenters. The number of H-pyrrole nitrogens is 1. The number of nitrogens with one attached hydrogen (secondary N) is 2. The van der Waals surface area contributed by atoms with Crippen LogP contribution < -0.4 is 5.32 Å². The molecule has 5 rings (SSSR count). The Hall–Kier alpha value is -4.15. The van der Waals surface area contributed by atoms with Gasteiger partial charge in [-0.15, -0.1) is 0 Å². The number of phenolic OH excluding ortho intramolecular Hbond substituents is 1. The Balaban J connectivity index is 1.47. The molecule has 3 N–H and O–H groups in total. The summed E-state index contributed by atoms with van der Waals surface area (Å²) < 4.78 is 19.8. The summed E-state index contributed by atoms with van der Waals surface area (Å²) in [5.74, 6) is 5.66. The van der Waals surface area contributed by atoms with E-state index in [0.29, 0.717) is 23.6 Å². The number of phenols is 1. The number of aromatic hydroxyl groups is 1. The highest BCUT2D eigenvalue weighted by molar-refractivity contribution is 5.93. The fraction of sp³-hybridized carbons (Fsp3) is 0.267. The lowest BCUT2D eigenvalue weighted by atomic mass is 9.96. The molecule has 1 aliphatic rings. The maximum absolute atomic E-state index is 14.2. The summed E-state index contributed by atoms with van der Waals surface area (Å²) in [6.07, 6.45) is 1.96. The number of aryl methyl sites for hydroxylation is 1. The lowest BCUT2D eigenvalue weighted by Gasteiger charge is -2.23. The van der Waals surface area contributed by atoms with Gasteiger partial charge >= 0.3 is 0 Å². The van der Waals surface area contributed by atoms with Crippen molar-refractivity contribution >= 4 is 16.8 Å². The lowest BCUT2D eigenvalue weighted by molar-refractivity contribution is 0.0144. The molecule has 37 heavy (non-hydrogen) atoms. The number of hydrogen-bond acceptors (Lipinski definition) is 4. The lowest BCUT2D eigenvalue weighted by Crippen LogP contribution is -2.30. The van der Waals surface area contributed by atoms with Crippen LogP contribution in [0.2, 0.25) is 0 Å². The van der Waals surface area contributed by atoms with Crippen LogP contribution in [0.5, 0.6) is 5.75 Å². The Bertz CT molecular complexity index is 1480. The van der Waals surface area contributed by atoms with Crippen molar-refractivity contribution in [1.82, 2.24) is 15.3 Å². The zero-order valence-electron chi connectivity index (χ0n) is 20.7. The van der Waals surface area contributed by atoms with Crippen molar-refractivity contribution in [3.63, 3.8) is 0 Å². The summed E-state index contributed by atoms with van der Waals surface area (Å²) in [6.45, 7) is 4.56. The molecule has 3 heterocycles. The van der Waals surface area contributed by atoms with E-state index in [1.165, 1.54) is 18.2 Å². The van der Waals surface area contributed by atoms with Crippen molar-refractivity contribution in [3.05, 3.63) is 94.7 Å². The monoisotopic (exact) mass is 497 g/mol. The first kappa shape index (κ1) is 24.5. The molecule has 0 bridgehead atoms. The van der Waals surface area contributed by atoms with Crippen molar-refractivity contribution in [2.75, 3.05) is 6.61 Å². The van der Waals surface area contributed by atoms with Crippen LogP contribution in [0.25, 0.3) is 10.9 Å². The molecule has 1 saturated heterocycles. The molecule has 0 radical (unpaired) electrons. The Labute approximate surface area is 214 Å². The first-order valence-corrected chi connectivity index (χ1v) is 12.3. The third-order valence-corrected chi connectivity index (χ3v) is 6.53. The number of pyridine rings is 1. The molecule has 188 valence electrons. The van der Waals surface area contributed by atoms with Gasteiger partial charge in [-0.1, -0.05) is 30.0 Å². The highest BCUT2D eigenvalue weighted by Crippen LogP contribution is 2.32. The summed E-state index contributed by atoms with van der Waals surface area (Å²) in [6, 6.07) is 15.9. The minimum Gasteiger partial charge on any atom is -0.508 e. The van der Waals surface area contributed by atoms with Gasteiger partial charge in [-0.2, -0.15) is 0 Å². The van der Waals surface area contributed by atoms with Crippen molar-refractivity contribution in [2.24, 2.45) is 5.92 Å². The molecule has 0 spiro atoms. The average Bonchev–Trinajstić information content (AvgIpc) is 3.31. The molecule has 4 aromatic rings. The summed E-state index contributed by atoms with van der Waals surface area (Å²) in [7, 11) is 0. The van der Waals surface area contributed by atoms with Gasteiger partial charge in [0.15, 0.2) is 0 Å². The number of aromatic nitrogens is 2. The van der Waals surface area contributed by atoms with Gasteiger partial charge in [0.25, 0.3) is 5.91 Å². The van der Waals surface area contributed by atoms with Crippen LogP contribution in [-0.4, -0.2) is 33.7 Å². The molecular weight excluding hydrogens is 469 g/mol. The molecule has 0 aliphatic carbocycles. The smallest absolute Gasteiger partial charge is 0.270 e. The Morgan fingerprint density at radius 1 is 1.22 bits per heavy atom. The molecule has 1 fully saturated rings. The predicted octanol–water partition coefficient (Wildman–Crippen LogP) is 5.40. The predicted molar refractivity (Wildman–Crippen MR) is 140 cm³/mol. The van der Waals surface area contributed by atoms with E-state index in [0.717, 1.165) is 23.7 Å². The standard InChI is InChI=1S/C30H28FN3O3/c1-18-13-21(8-7-20-11-12-37-19(2)14-20)15-27(32-18)30(36)34-29(24-17-23(31)9-10-28(24)35)26-16-22-5-3-4-6-25(22)33-26/h3-6,9-10,13,15-17,19-20,29,33,35H,11-12,14H2,1-2H3,(H,34,36)/t19-,20+,29?/m1/s1. The zero-order valence-corrected chi connectivity index (χ0v) is 20.7. The maximum atomic E-state index is 14.2. The zero-order chi connectivity index (χ0) is 25.9. The van der Waals surface area contributed by atoms with Crippen LogP contribution in [0.4, 0.5) is 4.39 Å². The molecule has 0 saturated carbocycles. The molecule has 1 aliphatic heterocycles. The van der Waals surface area contributed by atoms with E-state index in [9.17, 15) is 14.3 Å². The van der Waals surface area contributed by atoms with E-state index in [1.54, 1.807) is 6.07 Å². The van der Waals surface area contributed by atoms with Gasteiger partial charge in [0.1, 0.15) is 17.3 Å². The van der Waals surface area contributed by atoms with Gasteiger partial charge in [-0.25, -0.2) is 9.37 Å². The minimum absolute atomic E-state index is 0.125. The highest BCUT2D eigenvalue weighted by Gasteiger charge is 2.24. The minimum atomic E-state index is -0.837. The quantitative estimate of drug-likeness (QED) is 0.330. The molecule has 7 heteroatoms. The van der Waals surface area contributed by atoms with Gasteiger partial charge in [0, 0.05) is 40.6 Å². The molecule has 2 aromatic heterocycles. The molecule has 1 amide bonds. The maximum Gasteiger partial charge on any atom is 0.270 e. The molecule has 1 unspecified atom stereocenters. The number of benzene rings is 2. The summed E-state index contributed by atoms with van der Waals surface area (Å²) in [5, 5.41) is 14.4. The summed E-state index contributed by atoms with van der Waals surface area (Å²) in [5.41, 5.74) is 3.27. The second kappa shape index (κ2) is 10.5. The van der Waals surface area contributed by atoms with Crippen LogP contribution in [-0.2, 0) is 4.74 Å². The van der Waals surface area contributed by atoms with Gasteiger partial charge in [-0.05, 0) is 74.5 Å². The van der Waals surface area contributed by atoms with Crippen LogP contribution >= 0.6 is 0 Å². The normalized spacial score (nSPS) is 18.1. The van der Waals surface area contributed by atoms with E-state index in [1.807, 2.05) is 50.2 Å². The van der Waals surface area contributed by atoms with Gasteiger partial charge < -0.3 is 20.1 Å². The first-order valence-electron chi connectivity index (χ1n) is 12.3.